The highest BCUT2D eigenvalue weighted by molar-refractivity contribution is 5.32. The van der Waals surface area contributed by atoms with Crippen LogP contribution in [-0.2, 0) is 6.54 Å². The summed E-state index contributed by atoms with van der Waals surface area (Å²) in [4.78, 5) is 10.4. The van der Waals surface area contributed by atoms with Crippen LogP contribution in [0.1, 0.15) is 37.7 Å². The van der Waals surface area contributed by atoms with Crippen LogP contribution in [0.4, 0.5) is 5.69 Å². The summed E-state index contributed by atoms with van der Waals surface area (Å²) in [6, 6.07) is 7.58. The number of quaternary nitrogens is 1. The van der Waals surface area contributed by atoms with Crippen molar-refractivity contribution in [2.24, 2.45) is 5.92 Å². The van der Waals surface area contributed by atoms with E-state index >= 15 is 0 Å². The fourth-order valence-corrected chi connectivity index (χ4v) is 4.62. The summed E-state index contributed by atoms with van der Waals surface area (Å²) in [5.74, 6) is 0.423. The van der Waals surface area contributed by atoms with Crippen LogP contribution < -0.4 is 0 Å². The van der Waals surface area contributed by atoms with Crippen LogP contribution in [0.5, 0.6) is 0 Å². The van der Waals surface area contributed by atoms with E-state index in [-0.39, 0.29) is 10.6 Å². The largest absolute Gasteiger partial charge is 0.396 e. The van der Waals surface area contributed by atoms with Crippen molar-refractivity contribution in [2.45, 2.75) is 44.7 Å². The third kappa shape index (κ3) is 2.88. The van der Waals surface area contributed by atoms with E-state index < -0.39 is 0 Å². The van der Waals surface area contributed by atoms with Crippen molar-refractivity contribution in [3.63, 3.8) is 0 Å². The van der Waals surface area contributed by atoms with E-state index in [1.807, 2.05) is 12.1 Å². The first-order valence-corrected chi connectivity index (χ1v) is 8.34. The van der Waals surface area contributed by atoms with Gasteiger partial charge in [-0.25, -0.2) is 0 Å². The molecule has 0 bridgehead atoms. The highest BCUT2D eigenvalue weighted by Gasteiger charge is 2.46. The third-order valence-electron chi connectivity index (χ3n) is 5.66. The first-order valence-electron chi connectivity index (χ1n) is 8.34. The first kappa shape index (κ1) is 15.4. The standard InChI is InChI=1S/C17H25N2O3/c20-13-15-4-3-11-19(10-2-1-5-17(15)19)12-14-6-8-16(9-7-14)18(21)22/h6-9,15,17,20H,1-5,10-13H2/q+1/t15-,17+,19?/m0/s1. The van der Waals surface area contributed by atoms with Gasteiger partial charge in [-0.05, 0) is 37.8 Å². The van der Waals surface area contributed by atoms with E-state index in [2.05, 4.69) is 0 Å². The molecule has 0 aromatic heterocycles. The van der Waals surface area contributed by atoms with Gasteiger partial charge in [0.1, 0.15) is 6.54 Å². The zero-order valence-corrected chi connectivity index (χ0v) is 13.0. The normalized spacial score (nSPS) is 31.5. The molecule has 3 atom stereocenters. The van der Waals surface area contributed by atoms with E-state index in [4.69, 9.17) is 0 Å². The number of aliphatic hydroxyl groups excluding tert-OH is 1. The number of hydrogen-bond acceptors (Lipinski definition) is 3. The maximum atomic E-state index is 10.8. The number of nitro groups is 1. The minimum atomic E-state index is -0.345. The highest BCUT2D eigenvalue weighted by atomic mass is 16.6. The van der Waals surface area contributed by atoms with Gasteiger partial charge >= 0.3 is 0 Å². The zero-order chi connectivity index (χ0) is 15.6. The van der Waals surface area contributed by atoms with Crippen LogP contribution in [0.15, 0.2) is 24.3 Å². The lowest BCUT2D eigenvalue weighted by atomic mass is 9.81. The fourth-order valence-electron chi connectivity index (χ4n) is 4.62. The molecule has 1 aromatic carbocycles. The Balaban J connectivity index is 1.82. The molecule has 0 radical (unpaired) electrons. The summed E-state index contributed by atoms with van der Waals surface area (Å²) in [6.07, 6.45) is 6.04. The van der Waals surface area contributed by atoms with Crippen molar-refractivity contribution >= 4 is 5.69 Å². The van der Waals surface area contributed by atoms with Gasteiger partial charge in [-0.3, -0.25) is 10.1 Å². The molecule has 1 N–H and O–H groups in total. The van der Waals surface area contributed by atoms with Crippen molar-refractivity contribution in [1.82, 2.24) is 0 Å². The molecule has 2 saturated heterocycles. The second kappa shape index (κ2) is 6.34. The second-order valence-corrected chi connectivity index (χ2v) is 6.90. The number of benzene rings is 1. The number of nitrogens with zero attached hydrogens (tertiary/aromatic N) is 2. The molecule has 1 aromatic rings. The Morgan fingerprint density at radius 1 is 1.14 bits per heavy atom. The molecule has 0 saturated carbocycles. The maximum Gasteiger partial charge on any atom is 0.269 e. The molecule has 2 fully saturated rings. The molecular formula is C17H25N2O3+. The van der Waals surface area contributed by atoms with E-state index in [0.717, 1.165) is 17.4 Å². The number of non-ortho nitro benzene ring substituents is 1. The van der Waals surface area contributed by atoms with Crippen LogP contribution >= 0.6 is 0 Å². The molecule has 2 heterocycles. The minimum absolute atomic E-state index is 0.158. The summed E-state index contributed by atoms with van der Waals surface area (Å²) >= 11 is 0. The van der Waals surface area contributed by atoms with E-state index in [1.54, 1.807) is 12.1 Å². The lowest BCUT2D eigenvalue weighted by Gasteiger charge is -2.53. The summed E-state index contributed by atoms with van der Waals surface area (Å²) in [5.41, 5.74) is 1.34. The van der Waals surface area contributed by atoms with Gasteiger partial charge in [0.25, 0.3) is 5.69 Å². The number of nitro benzene ring substituents is 1. The summed E-state index contributed by atoms with van der Waals surface area (Å²) in [7, 11) is 0. The molecule has 5 nitrogen and oxygen atoms in total. The highest BCUT2D eigenvalue weighted by Crippen LogP contribution is 2.39. The van der Waals surface area contributed by atoms with Gasteiger partial charge in [-0.2, -0.15) is 0 Å². The van der Waals surface area contributed by atoms with Crippen LogP contribution in [0.25, 0.3) is 0 Å². The summed E-state index contributed by atoms with van der Waals surface area (Å²) in [5, 5.41) is 20.5. The Hall–Kier alpha value is -1.46. The quantitative estimate of drug-likeness (QED) is 0.528. The third-order valence-corrected chi connectivity index (χ3v) is 5.66. The topological polar surface area (TPSA) is 63.4 Å². The second-order valence-electron chi connectivity index (χ2n) is 6.90. The summed E-state index contributed by atoms with van der Waals surface area (Å²) in [6.45, 7) is 3.60. The van der Waals surface area contributed by atoms with Crippen molar-refractivity contribution in [2.75, 3.05) is 19.7 Å². The van der Waals surface area contributed by atoms with Gasteiger partial charge in [0.15, 0.2) is 0 Å². The van der Waals surface area contributed by atoms with Crippen molar-refractivity contribution < 1.29 is 14.5 Å². The molecule has 5 heteroatoms. The van der Waals surface area contributed by atoms with E-state index in [0.29, 0.717) is 18.6 Å². The van der Waals surface area contributed by atoms with Gasteiger partial charge in [-0.1, -0.05) is 0 Å². The van der Waals surface area contributed by atoms with Gasteiger partial charge < -0.3 is 9.59 Å². The predicted molar refractivity (Wildman–Crippen MR) is 84.2 cm³/mol. The number of rotatable bonds is 4. The van der Waals surface area contributed by atoms with Crippen LogP contribution in [0.2, 0.25) is 0 Å². The minimum Gasteiger partial charge on any atom is -0.396 e. The molecule has 1 unspecified atom stereocenters. The number of fused-ring (bicyclic) bond motifs is 1. The molecule has 0 amide bonds. The van der Waals surface area contributed by atoms with Gasteiger partial charge in [-0.15, -0.1) is 0 Å². The fraction of sp³-hybridized carbons (Fsp3) is 0.647. The monoisotopic (exact) mass is 305 g/mol. The smallest absolute Gasteiger partial charge is 0.269 e. The number of piperidine rings is 2. The van der Waals surface area contributed by atoms with Crippen molar-refractivity contribution in [3.05, 3.63) is 39.9 Å². The molecule has 22 heavy (non-hydrogen) atoms. The molecule has 2 aliphatic rings. The van der Waals surface area contributed by atoms with Crippen molar-refractivity contribution in [1.29, 1.82) is 0 Å². The average molecular weight is 305 g/mol. The predicted octanol–water partition coefficient (Wildman–Crippen LogP) is 2.87. The van der Waals surface area contributed by atoms with Crippen LogP contribution in [-0.4, -0.2) is 40.3 Å². The Morgan fingerprint density at radius 3 is 2.55 bits per heavy atom. The Bertz CT molecular complexity index is 527. The SMILES string of the molecule is O=[N+]([O-])c1ccc(C[N+]23CCCC[C@@H]2[C@H](CO)CCC3)cc1. The Morgan fingerprint density at radius 2 is 1.86 bits per heavy atom. The Kier molecular flexibility index (Phi) is 4.45. The number of hydrogen-bond donors (Lipinski definition) is 1. The van der Waals surface area contributed by atoms with Gasteiger partial charge in [0.2, 0.25) is 0 Å². The van der Waals surface area contributed by atoms with Crippen LogP contribution in [0.3, 0.4) is 0 Å². The van der Waals surface area contributed by atoms with Gasteiger partial charge in [0.05, 0.1) is 30.7 Å². The van der Waals surface area contributed by atoms with Crippen molar-refractivity contribution in [3.8, 4) is 0 Å². The van der Waals surface area contributed by atoms with Crippen LogP contribution in [0, 0.1) is 16.0 Å². The average Bonchev–Trinajstić information content (AvgIpc) is 2.54. The van der Waals surface area contributed by atoms with E-state index in [9.17, 15) is 15.2 Å². The maximum absolute atomic E-state index is 10.8. The Labute approximate surface area is 131 Å². The molecular weight excluding hydrogens is 280 g/mol. The first-order chi connectivity index (χ1) is 10.6. The number of aliphatic hydroxyl groups is 1. The molecule has 3 rings (SSSR count). The molecule has 120 valence electrons. The zero-order valence-electron chi connectivity index (χ0n) is 13.0. The molecule has 2 aliphatic heterocycles. The molecule has 0 spiro atoms. The lowest BCUT2D eigenvalue weighted by molar-refractivity contribution is -0.976. The van der Waals surface area contributed by atoms with E-state index in [1.165, 1.54) is 44.3 Å². The van der Waals surface area contributed by atoms with Gasteiger partial charge in [0, 0.05) is 30.0 Å². The summed E-state index contributed by atoms with van der Waals surface area (Å²) < 4.78 is 1.07. The molecule has 0 aliphatic carbocycles. The lowest BCUT2D eigenvalue weighted by Crippen LogP contribution is -2.63.